The molecule has 1 fully saturated rings. The van der Waals surface area contributed by atoms with Crippen LogP contribution in [0.25, 0.3) is 0 Å². The maximum Gasteiger partial charge on any atom is 0.331 e. The van der Waals surface area contributed by atoms with Gasteiger partial charge in [0.2, 0.25) is 0 Å². The van der Waals surface area contributed by atoms with E-state index < -0.39 is 11.5 Å². The van der Waals surface area contributed by atoms with Crippen molar-refractivity contribution in [1.29, 1.82) is 0 Å². The largest absolute Gasteiger partial charge is 0.497 e. The summed E-state index contributed by atoms with van der Waals surface area (Å²) in [6.45, 7) is 0. The third-order valence-corrected chi connectivity index (χ3v) is 4.01. The highest BCUT2D eigenvalue weighted by molar-refractivity contribution is 5.77. The highest BCUT2D eigenvalue weighted by atomic mass is 16.5. The quantitative estimate of drug-likeness (QED) is 0.890. The van der Waals surface area contributed by atoms with Crippen molar-refractivity contribution in [3.63, 3.8) is 0 Å². The van der Waals surface area contributed by atoms with E-state index >= 15 is 0 Å². The van der Waals surface area contributed by atoms with Crippen LogP contribution in [0.2, 0.25) is 0 Å². The average Bonchev–Trinajstić information content (AvgIpc) is 2.86. The van der Waals surface area contributed by atoms with Crippen LogP contribution in [0.5, 0.6) is 5.75 Å². The fraction of sp³-hybridized carbons (Fsp3) is 0.429. The first-order chi connectivity index (χ1) is 10.2. The summed E-state index contributed by atoms with van der Waals surface area (Å²) < 4.78 is 6.66. The summed E-state index contributed by atoms with van der Waals surface area (Å²) >= 11 is 0. The molecule has 1 aliphatic rings. The monoisotopic (exact) mass is 288 g/mol. The zero-order valence-electron chi connectivity index (χ0n) is 11.7. The van der Waals surface area contributed by atoms with Crippen LogP contribution in [0.15, 0.2) is 24.3 Å². The van der Waals surface area contributed by atoms with Crippen molar-refractivity contribution in [2.45, 2.75) is 31.2 Å². The highest BCUT2D eigenvalue weighted by Crippen LogP contribution is 2.39. The summed E-state index contributed by atoms with van der Waals surface area (Å²) in [4.78, 5) is 11.6. The van der Waals surface area contributed by atoms with Crippen LogP contribution in [0.3, 0.4) is 0 Å². The van der Waals surface area contributed by atoms with Crippen molar-refractivity contribution in [3.8, 4) is 5.75 Å². The van der Waals surface area contributed by atoms with Gasteiger partial charge in [0.1, 0.15) is 5.75 Å². The second-order valence-corrected chi connectivity index (χ2v) is 5.23. The Labute approximate surface area is 121 Å². The first-order valence-corrected chi connectivity index (χ1v) is 6.80. The SMILES string of the molecule is COc1cccc(Cc2nnnn2C2(C(=O)O)CCC2)c1. The topological polar surface area (TPSA) is 90.1 Å². The van der Waals surface area contributed by atoms with Gasteiger partial charge in [-0.15, -0.1) is 5.10 Å². The Balaban J connectivity index is 1.90. The minimum atomic E-state index is -0.975. The van der Waals surface area contributed by atoms with Gasteiger partial charge in [0.05, 0.1) is 7.11 Å². The van der Waals surface area contributed by atoms with Gasteiger partial charge < -0.3 is 9.84 Å². The summed E-state index contributed by atoms with van der Waals surface area (Å²) in [6, 6.07) is 7.58. The van der Waals surface area contributed by atoms with Gasteiger partial charge in [0, 0.05) is 6.42 Å². The molecule has 1 aliphatic carbocycles. The van der Waals surface area contributed by atoms with Gasteiger partial charge in [-0.05, 0) is 47.4 Å². The van der Waals surface area contributed by atoms with Gasteiger partial charge in [-0.3, -0.25) is 0 Å². The van der Waals surface area contributed by atoms with Crippen molar-refractivity contribution in [3.05, 3.63) is 35.7 Å². The van der Waals surface area contributed by atoms with Crippen LogP contribution in [0, 0.1) is 0 Å². The van der Waals surface area contributed by atoms with Crippen LogP contribution >= 0.6 is 0 Å². The normalized spacial score (nSPS) is 16.2. The lowest BCUT2D eigenvalue weighted by atomic mass is 9.77. The van der Waals surface area contributed by atoms with Crippen LogP contribution in [-0.4, -0.2) is 38.4 Å². The average molecular weight is 288 g/mol. The molecule has 7 heteroatoms. The molecule has 1 aromatic carbocycles. The third-order valence-electron chi connectivity index (χ3n) is 4.01. The number of aromatic nitrogens is 4. The molecule has 2 aromatic rings. The molecule has 110 valence electrons. The van der Waals surface area contributed by atoms with Crippen molar-refractivity contribution in [2.24, 2.45) is 0 Å². The summed E-state index contributed by atoms with van der Waals surface area (Å²) in [6.07, 6.45) is 2.49. The zero-order chi connectivity index (χ0) is 14.9. The second-order valence-electron chi connectivity index (χ2n) is 5.23. The van der Waals surface area contributed by atoms with E-state index in [-0.39, 0.29) is 0 Å². The Bertz CT molecular complexity index is 664. The number of nitrogens with zero attached hydrogens (tertiary/aromatic N) is 4. The summed E-state index contributed by atoms with van der Waals surface area (Å²) in [5, 5.41) is 21.1. The van der Waals surface area contributed by atoms with Crippen molar-refractivity contribution in [1.82, 2.24) is 20.2 Å². The van der Waals surface area contributed by atoms with E-state index in [4.69, 9.17) is 4.74 Å². The number of rotatable bonds is 5. The molecule has 0 aliphatic heterocycles. The molecule has 3 rings (SSSR count). The lowest BCUT2D eigenvalue weighted by molar-refractivity contribution is -0.153. The Morgan fingerprint density at radius 2 is 2.29 bits per heavy atom. The van der Waals surface area contributed by atoms with Crippen molar-refractivity contribution < 1.29 is 14.6 Å². The van der Waals surface area contributed by atoms with Crippen LogP contribution < -0.4 is 4.74 Å². The summed E-state index contributed by atoms with van der Waals surface area (Å²) in [7, 11) is 1.61. The third kappa shape index (κ3) is 2.24. The Morgan fingerprint density at radius 1 is 1.48 bits per heavy atom. The molecule has 0 saturated heterocycles. The summed E-state index contributed by atoms with van der Waals surface area (Å²) in [5.74, 6) is 0.446. The number of carboxylic acid groups (broad SMARTS) is 1. The number of carboxylic acids is 1. The van der Waals surface area contributed by atoms with Gasteiger partial charge in [0.25, 0.3) is 0 Å². The molecule has 1 aromatic heterocycles. The smallest absolute Gasteiger partial charge is 0.331 e. The first kappa shape index (κ1) is 13.5. The van der Waals surface area contributed by atoms with Crippen LogP contribution in [-0.2, 0) is 16.8 Å². The number of hydrogen-bond acceptors (Lipinski definition) is 5. The number of carbonyl (C=O) groups is 1. The highest BCUT2D eigenvalue weighted by Gasteiger charge is 2.48. The van der Waals surface area contributed by atoms with Gasteiger partial charge in [0.15, 0.2) is 11.4 Å². The minimum Gasteiger partial charge on any atom is -0.497 e. The molecule has 7 nitrogen and oxygen atoms in total. The van der Waals surface area contributed by atoms with E-state index in [1.165, 1.54) is 4.68 Å². The number of aliphatic carboxylic acids is 1. The number of tetrazole rings is 1. The number of hydrogen-bond donors (Lipinski definition) is 1. The number of ether oxygens (including phenoxy) is 1. The van der Waals surface area contributed by atoms with E-state index in [2.05, 4.69) is 15.5 Å². The molecule has 1 N–H and O–H groups in total. The molecule has 21 heavy (non-hydrogen) atoms. The standard InChI is InChI=1S/C14H16N4O3/c1-21-11-5-2-4-10(8-11)9-12-15-16-17-18(12)14(13(19)20)6-3-7-14/h2,4-5,8H,3,6-7,9H2,1H3,(H,19,20). The molecular formula is C14H16N4O3. The first-order valence-electron chi connectivity index (χ1n) is 6.80. The predicted octanol–water partition coefficient (Wildman–Crippen LogP) is 1.24. The molecule has 0 amide bonds. The van der Waals surface area contributed by atoms with Crippen LogP contribution in [0.1, 0.15) is 30.7 Å². The van der Waals surface area contributed by atoms with Crippen LogP contribution in [0.4, 0.5) is 0 Å². The van der Waals surface area contributed by atoms with Gasteiger partial charge >= 0.3 is 5.97 Å². The van der Waals surface area contributed by atoms with Gasteiger partial charge in [-0.25, -0.2) is 9.48 Å². The maximum atomic E-state index is 11.6. The van der Waals surface area contributed by atoms with E-state index in [1.807, 2.05) is 24.3 Å². The molecule has 0 spiro atoms. The zero-order valence-corrected chi connectivity index (χ0v) is 11.7. The van der Waals surface area contributed by atoms with Gasteiger partial charge in [-0.1, -0.05) is 12.1 Å². The number of benzene rings is 1. The molecule has 0 unspecified atom stereocenters. The van der Waals surface area contributed by atoms with Crippen molar-refractivity contribution in [2.75, 3.05) is 7.11 Å². The Hall–Kier alpha value is -2.44. The van der Waals surface area contributed by atoms with E-state index in [0.29, 0.717) is 25.1 Å². The predicted molar refractivity (Wildman–Crippen MR) is 73.1 cm³/mol. The minimum absolute atomic E-state index is 0.471. The molecule has 1 heterocycles. The lowest BCUT2D eigenvalue weighted by Gasteiger charge is -2.37. The van der Waals surface area contributed by atoms with E-state index in [9.17, 15) is 9.90 Å². The number of methoxy groups -OCH3 is 1. The fourth-order valence-electron chi connectivity index (χ4n) is 2.64. The van der Waals surface area contributed by atoms with Crippen molar-refractivity contribution >= 4 is 5.97 Å². The maximum absolute atomic E-state index is 11.6. The Morgan fingerprint density at radius 3 is 2.90 bits per heavy atom. The molecule has 0 atom stereocenters. The van der Waals surface area contributed by atoms with E-state index in [1.54, 1.807) is 7.11 Å². The fourth-order valence-corrected chi connectivity index (χ4v) is 2.64. The lowest BCUT2D eigenvalue weighted by Crippen LogP contribution is -2.49. The molecule has 0 radical (unpaired) electrons. The molecule has 1 saturated carbocycles. The van der Waals surface area contributed by atoms with E-state index in [0.717, 1.165) is 17.7 Å². The molecular weight excluding hydrogens is 272 g/mol. The van der Waals surface area contributed by atoms with Gasteiger partial charge in [-0.2, -0.15) is 0 Å². The second kappa shape index (κ2) is 5.16. The summed E-state index contributed by atoms with van der Waals surface area (Å²) in [5.41, 5.74) is 0.00259. The molecule has 0 bridgehead atoms. The Kier molecular flexibility index (Phi) is 3.32.